The molecule has 1 saturated carbocycles. The molecule has 5 heteroatoms. The summed E-state index contributed by atoms with van der Waals surface area (Å²) in [6, 6.07) is 50.8. The predicted octanol–water partition coefficient (Wildman–Crippen LogP) is 14.5. The summed E-state index contributed by atoms with van der Waals surface area (Å²) in [5, 5.41) is 3.50. The van der Waals surface area contributed by atoms with Crippen LogP contribution in [0.25, 0.3) is 66.7 Å². The van der Waals surface area contributed by atoms with Gasteiger partial charge in [0, 0.05) is 39.3 Å². The van der Waals surface area contributed by atoms with Crippen molar-refractivity contribution in [3.8, 4) is 44.8 Å². The molecule has 59 heavy (non-hydrogen) atoms. The summed E-state index contributed by atoms with van der Waals surface area (Å²) in [7, 11) is -1.57. The zero-order valence-electron chi connectivity index (χ0n) is 36.3. The second kappa shape index (κ2) is 17.7. The molecular weight excluding hydrogens is 913 g/mol. The summed E-state index contributed by atoms with van der Waals surface area (Å²) in [5.41, 5.74) is 12.8. The number of benzene rings is 5. The molecule has 1 aliphatic carbocycles. The predicted molar refractivity (Wildman–Crippen MR) is 247 cm³/mol. The number of nitrogens with zero attached hydrogens (tertiary/aromatic N) is 2. The van der Waals surface area contributed by atoms with Gasteiger partial charge in [0.15, 0.2) is 0 Å². The Morgan fingerprint density at radius 3 is 2.03 bits per heavy atom. The molecule has 0 unspecified atom stereocenters. The maximum Gasteiger partial charge on any atom is 0.121 e. The van der Waals surface area contributed by atoms with Crippen molar-refractivity contribution >= 4 is 35.2 Å². The number of furan rings is 1. The van der Waals surface area contributed by atoms with Crippen LogP contribution >= 0.6 is 0 Å². The van der Waals surface area contributed by atoms with Crippen molar-refractivity contribution in [2.45, 2.75) is 84.3 Å². The van der Waals surface area contributed by atoms with Gasteiger partial charge in [-0.3, -0.25) is 0 Å². The van der Waals surface area contributed by atoms with Crippen LogP contribution in [0.5, 0.6) is 0 Å². The van der Waals surface area contributed by atoms with Crippen LogP contribution in [0.4, 0.5) is 0 Å². The molecule has 0 aliphatic heterocycles. The first-order valence-corrected chi connectivity index (χ1v) is 24.3. The second-order valence-electron chi connectivity index (χ2n) is 17.6. The normalized spacial score (nSPS) is 13.8. The Labute approximate surface area is 367 Å². The van der Waals surface area contributed by atoms with Crippen LogP contribution in [-0.4, -0.2) is 18.0 Å². The van der Waals surface area contributed by atoms with Crippen LogP contribution in [0.2, 0.25) is 19.6 Å². The molecule has 9 rings (SSSR count). The second-order valence-corrected chi connectivity index (χ2v) is 22.7. The average Bonchev–Trinajstić information content (AvgIpc) is 3.93. The third-order valence-electron chi connectivity index (χ3n) is 12.1. The number of hydrogen-bond acceptors (Lipinski definition) is 3. The third-order valence-corrected chi connectivity index (χ3v) is 14.1. The molecule has 1 fully saturated rings. The maximum atomic E-state index is 8.61. The van der Waals surface area contributed by atoms with Crippen molar-refractivity contribution in [2.75, 3.05) is 0 Å². The molecule has 8 aromatic rings. The van der Waals surface area contributed by atoms with Crippen molar-refractivity contribution in [2.24, 2.45) is 5.92 Å². The number of pyridine rings is 2. The summed E-state index contributed by atoms with van der Waals surface area (Å²) < 4.78 is 15.1. The largest absolute Gasteiger partial charge is 0.501 e. The fourth-order valence-electron chi connectivity index (χ4n) is 8.63. The topological polar surface area (TPSA) is 38.9 Å². The molecule has 1 aliphatic rings. The minimum absolute atomic E-state index is 0. The van der Waals surface area contributed by atoms with E-state index in [9.17, 15) is 0 Å². The van der Waals surface area contributed by atoms with Gasteiger partial charge in [-0.15, -0.1) is 53.6 Å². The van der Waals surface area contributed by atoms with E-state index in [-0.39, 0.29) is 25.5 Å². The van der Waals surface area contributed by atoms with Gasteiger partial charge >= 0.3 is 0 Å². The standard InChI is InChI=1S/C31H28NO.C23H26NSi.Ir/c1-31(2,23-11-6-7-12-23)24-17-18-32-28(20-24)27-14-8-13-26-25-16-15-22(19-29(25)33-30(26)27)21-9-4-3-5-10-21;1-17(2)21-15-22(24-16-23(21)25(3,4)5)20-13-9-12-19(14-20)18-10-7-6-8-11-18;/h3-5,8-10,13,15-20,23H,6-7,11-12H2,1-2H3;6-12,14-17H,1-5H3;/q2*-1;/i;17D;. The molecule has 0 spiro atoms. The number of hydrogen-bond donors (Lipinski definition) is 0. The summed E-state index contributed by atoms with van der Waals surface area (Å²) in [5.74, 6) is 0.0831. The van der Waals surface area contributed by atoms with Crippen molar-refractivity contribution in [3.63, 3.8) is 0 Å². The van der Waals surface area contributed by atoms with E-state index >= 15 is 0 Å². The van der Waals surface area contributed by atoms with E-state index < -0.39 is 14.0 Å². The Balaban J connectivity index is 0.000000184. The van der Waals surface area contributed by atoms with Gasteiger partial charge in [0.05, 0.1) is 13.7 Å². The van der Waals surface area contributed by atoms with Crippen LogP contribution in [-0.2, 0) is 25.5 Å². The molecule has 1 radical (unpaired) electrons. The van der Waals surface area contributed by atoms with Gasteiger partial charge in [-0.05, 0) is 81.0 Å². The molecule has 301 valence electrons. The number of rotatable bonds is 8. The molecular formula is C54H54IrN2OSi-2. The molecule has 0 amide bonds. The maximum absolute atomic E-state index is 8.61. The van der Waals surface area contributed by atoms with Gasteiger partial charge in [-0.1, -0.05) is 162 Å². The Morgan fingerprint density at radius 1 is 0.712 bits per heavy atom. The van der Waals surface area contributed by atoms with E-state index in [2.05, 4.69) is 137 Å². The van der Waals surface area contributed by atoms with E-state index in [1.807, 2.05) is 62.6 Å². The van der Waals surface area contributed by atoms with Gasteiger partial charge in [0.1, 0.15) is 5.58 Å². The van der Waals surface area contributed by atoms with Gasteiger partial charge < -0.3 is 14.4 Å². The summed E-state index contributed by atoms with van der Waals surface area (Å²) >= 11 is 0. The molecule has 3 heterocycles. The van der Waals surface area contributed by atoms with Crippen molar-refractivity contribution in [3.05, 3.63) is 163 Å². The number of fused-ring (bicyclic) bond motifs is 3. The van der Waals surface area contributed by atoms with Gasteiger partial charge in [0.2, 0.25) is 0 Å². The summed E-state index contributed by atoms with van der Waals surface area (Å²) in [6.07, 6.45) is 9.28. The SMILES string of the molecule is CC(C)(c1ccnc(-c2[c-]ccc3c2oc2cc(-c4ccccc4)ccc23)c1)C1CCCC1.[2H]C(C)(C)c1cc(-c2[c-]ccc(-c3ccccc3)c2)ncc1[Si](C)(C)C.[Ir]. The Kier molecular flexibility index (Phi) is 12.3. The molecule has 0 N–H and O–H groups in total. The fourth-order valence-corrected chi connectivity index (χ4v) is 10.2. The summed E-state index contributed by atoms with van der Waals surface area (Å²) in [4.78, 5) is 9.49. The molecule has 3 nitrogen and oxygen atoms in total. The van der Waals surface area contributed by atoms with Crippen molar-refractivity contribution in [1.29, 1.82) is 0 Å². The van der Waals surface area contributed by atoms with E-state index in [1.165, 1.54) is 47.6 Å². The van der Waals surface area contributed by atoms with Crippen molar-refractivity contribution in [1.82, 2.24) is 9.97 Å². The molecule has 0 bridgehead atoms. The first-order valence-electron chi connectivity index (χ1n) is 21.3. The van der Waals surface area contributed by atoms with Crippen LogP contribution in [0.1, 0.15) is 71.8 Å². The van der Waals surface area contributed by atoms with Crippen LogP contribution < -0.4 is 5.19 Å². The molecule has 3 aromatic heterocycles. The quantitative estimate of drug-likeness (QED) is 0.112. The zero-order chi connectivity index (χ0) is 41.4. The fraction of sp³-hybridized carbons (Fsp3) is 0.259. The van der Waals surface area contributed by atoms with Gasteiger partial charge in [-0.2, -0.15) is 0 Å². The van der Waals surface area contributed by atoms with Crippen LogP contribution in [0, 0.1) is 18.1 Å². The first-order chi connectivity index (χ1) is 28.3. The molecule has 5 aromatic carbocycles. The number of aromatic nitrogens is 2. The molecule has 0 saturated heterocycles. The van der Waals surface area contributed by atoms with Gasteiger partial charge in [-0.25, -0.2) is 0 Å². The zero-order valence-corrected chi connectivity index (χ0v) is 38.7. The first kappa shape index (κ1) is 40.8. The minimum atomic E-state index is -1.57. The average molecular weight is 968 g/mol. The van der Waals surface area contributed by atoms with E-state index in [0.29, 0.717) is 0 Å². The minimum Gasteiger partial charge on any atom is -0.501 e. The Hall–Kier alpha value is -4.93. The van der Waals surface area contributed by atoms with E-state index in [0.717, 1.165) is 67.1 Å². The summed E-state index contributed by atoms with van der Waals surface area (Å²) in [6.45, 7) is 15.6. The van der Waals surface area contributed by atoms with Crippen LogP contribution in [0.3, 0.4) is 0 Å². The Morgan fingerprint density at radius 2 is 1.37 bits per heavy atom. The molecule has 0 atom stereocenters. The third kappa shape index (κ3) is 8.99. The van der Waals surface area contributed by atoms with Gasteiger partial charge in [0.25, 0.3) is 0 Å². The monoisotopic (exact) mass is 968 g/mol. The Bertz CT molecular complexity index is 2720. The smallest absolute Gasteiger partial charge is 0.121 e. The van der Waals surface area contributed by atoms with Crippen molar-refractivity contribution < 1.29 is 25.9 Å². The van der Waals surface area contributed by atoms with E-state index in [4.69, 9.17) is 15.8 Å². The van der Waals surface area contributed by atoms with E-state index in [1.54, 1.807) is 0 Å². The van der Waals surface area contributed by atoms with Crippen LogP contribution in [0.15, 0.2) is 144 Å².